The number of carbonyl (C=O) groups excluding carboxylic acids is 1. The Balaban J connectivity index is 1.44. The van der Waals surface area contributed by atoms with Gasteiger partial charge in [-0.15, -0.1) is 0 Å². The monoisotopic (exact) mass is 433 g/mol. The minimum Gasteiger partial charge on any atom is -0.445 e. The number of aryl methyl sites for hydroxylation is 2. The molecule has 4 rings (SSSR count). The quantitative estimate of drug-likeness (QED) is 0.735. The van der Waals surface area contributed by atoms with Crippen LogP contribution in [0.1, 0.15) is 46.5 Å². The number of oxazole rings is 1. The van der Waals surface area contributed by atoms with Crippen molar-refractivity contribution >= 4 is 15.9 Å². The first-order valence-corrected chi connectivity index (χ1v) is 11.7. The first-order valence-electron chi connectivity index (χ1n) is 10.3. The van der Waals surface area contributed by atoms with Crippen LogP contribution in [0.5, 0.6) is 0 Å². The Hall–Kier alpha value is -2.23. The van der Waals surface area contributed by atoms with Crippen LogP contribution in [0.25, 0.3) is 0 Å². The van der Waals surface area contributed by atoms with Gasteiger partial charge in [-0.05, 0) is 44.4 Å². The van der Waals surface area contributed by atoms with E-state index in [1.807, 2.05) is 13.0 Å². The van der Waals surface area contributed by atoms with Crippen LogP contribution in [0.4, 0.5) is 0 Å². The highest BCUT2D eigenvalue weighted by molar-refractivity contribution is 7.89. The lowest BCUT2D eigenvalue weighted by atomic mass is 9.98. The first-order chi connectivity index (χ1) is 14.4. The Labute approximate surface area is 176 Å². The summed E-state index contributed by atoms with van der Waals surface area (Å²) >= 11 is 0. The molecule has 2 fully saturated rings. The molecule has 8 nitrogen and oxygen atoms in total. The minimum atomic E-state index is -3.51. The van der Waals surface area contributed by atoms with Crippen molar-refractivity contribution < 1.29 is 22.4 Å². The van der Waals surface area contributed by atoms with E-state index in [-0.39, 0.29) is 11.8 Å². The number of benzene rings is 1. The summed E-state index contributed by atoms with van der Waals surface area (Å²) in [6, 6.07) is 6.97. The largest absolute Gasteiger partial charge is 0.445 e. The number of amides is 1. The Bertz CT molecular complexity index is 1020. The lowest BCUT2D eigenvalue weighted by Gasteiger charge is -2.29. The number of rotatable bonds is 4. The smallest absolute Gasteiger partial charge is 0.276 e. The minimum absolute atomic E-state index is 0.00102. The van der Waals surface area contributed by atoms with Crippen molar-refractivity contribution in [2.45, 2.75) is 37.5 Å². The number of sulfonamides is 1. The summed E-state index contributed by atoms with van der Waals surface area (Å²) in [6.07, 6.45) is 1.21. The van der Waals surface area contributed by atoms with Crippen molar-refractivity contribution in [2.24, 2.45) is 0 Å². The van der Waals surface area contributed by atoms with Gasteiger partial charge >= 0.3 is 0 Å². The maximum Gasteiger partial charge on any atom is 0.276 e. The van der Waals surface area contributed by atoms with Crippen LogP contribution < -0.4 is 0 Å². The van der Waals surface area contributed by atoms with Crippen LogP contribution in [-0.4, -0.2) is 67.9 Å². The molecule has 0 unspecified atom stereocenters. The summed E-state index contributed by atoms with van der Waals surface area (Å²) < 4.78 is 38.5. The molecule has 2 saturated heterocycles. The van der Waals surface area contributed by atoms with Gasteiger partial charge in [0.15, 0.2) is 11.6 Å². The molecule has 2 aliphatic rings. The van der Waals surface area contributed by atoms with E-state index in [2.05, 4.69) is 4.98 Å². The van der Waals surface area contributed by atoms with Gasteiger partial charge in [0.25, 0.3) is 5.91 Å². The molecule has 9 heteroatoms. The molecule has 0 N–H and O–H groups in total. The van der Waals surface area contributed by atoms with E-state index in [9.17, 15) is 13.2 Å². The molecule has 0 spiro atoms. The van der Waals surface area contributed by atoms with Gasteiger partial charge in [0, 0.05) is 32.1 Å². The number of carbonyl (C=O) groups is 1. The molecule has 1 aromatic carbocycles. The van der Waals surface area contributed by atoms with E-state index in [1.54, 1.807) is 30.0 Å². The SMILES string of the molecule is Cc1cccc(S(=O)(=O)N2CCC(c3nc(C(=O)N4CCOCC4)c(C)o3)CC2)c1. The van der Waals surface area contributed by atoms with Gasteiger partial charge in [-0.3, -0.25) is 4.79 Å². The van der Waals surface area contributed by atoms with Gasteiger partial charge in [0.05, 0.1) is 18.1 Å². The highest BCUT2D eigenvalue weighted by Gasteiger charge is 2.33. The first kappa shape index (κ1) is 21.0. The Morgan fingerprint density at radius 2 is 1.80 bits per heavy atom. The van der Waals surface area contributed by atoms with Crippen LogP contribution >= 0.6 is 0 Å². The number of ether oxygens (including phenoxy) is 1. The van der Waals surface area contributed by atoms with Gasteiger partial charge in [0.2, 0.25) is 10.0 Å². The summed E-state index contributed by atoms with van der Waals surface area (Å²) in [6.45, 7) is 6.59. The van der Waals surface area contributed by atoms with E-state index in [4.69, 9.17) is 9.15 Å². The second-order valence-electron chi connectivity index (χ2n) is 7.86. The molecular formula is C21H27N3O5S. The Morgan fingerprint density at radius 3 is 2.47 bits per heavy atom. The second kappa shape index (κ2) is 8.49. The summed E-state index contributed by atoms with van der Waals surface area (Å²) in [5.74, 6) is 0.900. The fourth-order valence-corrected chi connectivity index (χ4v) is 5.55. The number of hydrogen-bond acceptors (Lipinski definition) is 6. The van der Waals surface area contributed by atoms with E-state index in [0.29, 0.717) is 74.5 Å². The predicted octanol–water partition coefficient (Wildman–Crippen LogP) is 2.33. The molecule has 0 aliphatic carbocycles. The summed E-state index contributed by atoms with van der Waals surface area (Å²) in [5.41, 5.74) is 1.26. The average Bonchev–Trinajstić information content (AvgIpc) is 3.15. The van der Waals surface area contributed by atoms with Crippen molar-refractivity contribution in [3.05, 3.63) is 47.2 Å². The van der Waals surface area contributed by atoms with Crippen molar-refractivity contribution in [1.29, 1.82) is 0 Å². The van der Waals surface area contributed by atoms with Crippen molar-refractivity contribution in [3.63, 3.8) is 0 Å². The summed E-state index contributed by atoms with van der Waals surface area (Å²) in [7, 11) is -3.51. The van der Waals surface area contributed by atoms with E-state index in [0.717, 1.165) is 5.56 Å². The molecule has 2 aliphatic heterocycles. The molecule has 2 aromatic rings. The molecule has 0 atom stereocenters. The number of hydrogen-bond donors (Lipinski definition) is 0. The molecule has 1 aromatic heterocycles. The van der Waals surface area contributed by atoms with Crippen molar-refractivity contribution in [2.75, 3.05) is 39.4 Å². The average molecular weight is 434 g/mol. The van der Waals surface area contributed by atoms with Gasteiger partial charge < -0.3 is 14.1 Å². The molecular weight excluding hydrogens is 406 g/mol. The Kier molecular flexibility index (Phi) is 5.95. The fraction of sp³-hybridized carbons (Fsp3) is 0.524. The third-order valence-corrected chi connectivity index (χ3v) is 7.64. The van der Waals surface area contributed by atoms with E-state index >= 15 is 0 Å². The fourth-order valence-electron chi connectivity index (χ4n) is 3.97. The third kappa shape index (κ3) is 4.14. The zero-order valence-electron chi connectivity index (χ0n) is 17.3. The molecule has 3 heterocycles. The molecule has 1 amide bonds. The summed E-state index contributed by atoms with van der Waals surface area (Å²) in [4.78, 5) is 19.3. The number of morpholine rings is 1. The third-order valence-electron chi connectivity index (χ3n) is 5.74. The lowest BCUT2D eigenvalue weighted by Crippen LogP contribution is -2.41. The molecule has 162 valence electrons. The van der Waals surface area contributed by atoms with Crippen molar-refractivity contribution in [3.8, 4) is 0 Å². The standard InChI is InChI=1S/C21H27N3O5S/c1-15-4-3-5-18(14-15)30(26,27)24-8-6-17(7-9-24)20-22-19(16(2)29-20)21(25)23-10-12-28-13-11-23/h3-5,14,17H,6-13H2,1-2H3. The van der Waals surface area contributed by atoms with Gasteiger partial charge in [-0.1, -0.05) is 12.1 Å². The van der Waals surface area contributed by atoms with Crippen molar-refractivity contribution in [1.82, 2.24) is 14.2 Å². The van der Waals surface area contributed by atoms with Gasteiger partial charge in [-0.25, -0.2) is 13.4 Å². The zero-order chi connectivity index (χ0) is 21.3. The Morgan fingerprint density at radius 1 is 1.10 bits per heavy atom. The highest BCUT2D eigenvalue weighted by Crippen LogP contribution is 2.31. The van der Waals surface area contributed by atoms with Crippen LogP contribution in [0.3, 0.4) is 0 Å². The zero-order valence-corrected chi connectivity index (χ0v) is 18.2. The van der Waals surface area contributed by atoms with Crippen LogP contribution in [0.2, 0.25) is 0 Å². The van der Waals surface area contributed by atoms with Crippen LogP contribution in [0, 0.1) is 13.8 Å². The maximum atomic E-state index is 12.9. The topological polar surface area (TPSA) is 93.0 Å². The summed E-state index contributed by atoms with van der Waals surface area (Å²) in [5, 5.41) is 0. The normalized spacial score (nSPS) is 19.2. The highest BCUT2D eigenvalue weighted by atomic mass is 32.2. The van der Waals surface area contributed by atoms with Gasteiger partial charge in [-0.2, -0.15) is 4.31 Å². The molecule has 0 saturated carbocycles. The second-order valence-corrected chi connectivity index (χ2v) is 9.79. The molecule has 30 heavy (non-hydrogen) atoms. The molecule has 0 radical (unpaired) electrons. The van der Waals surface area contributed by atoms with E-state index < -0.39 is 10.0 Å². The number of aromatic nitrogens is 1. The van der Waals surface area contributed by atoms with E-state index in [1.165, 1.54) is 4.31 Å². The lowest BCUT2D eigenvalue weighted by molar-refractivity contribution is 0.0298. The van der Waals surface area contributed by atoms with Crippen LogP contribution in [-0.2, 0) is 14.8 Å². The predicted molar refractivity (Wildman–Crippen MR) is 110 cm³/mol. The number of nitrogens with zero attached hydrogens (tertiary/aromatic N) is 3. The molecule has 0 bridgehead atoms. The number of piperidine rings is 1. The maximum absolute atomic E-state index is 12.9. The van der Waals surface area contributed by atoms with Crippen LogP contribution in [0.15, 0.2) is 33.6 Å². The van der Waals surface area contributed by atoms with Gasteiger partial charge in [0.1, 0.15) is 5.76 Å².